The molecule has 8 nitrogen and oxygen atoms in total. The number of nitrogens with zero attached hydrogens (tertiary/aromatic N) is 4. The molecule has 0 atom stereocenters. The number of aromatic nitrogens is 4. The van der Waals surface area contributed by atoms with Crippen molar-refractivity contribution in [2.45, 2.75) is 6.73 Å². The molecule has 0 aliphatic rings. The number of tetrazole rings is 1. The van der Waals surface area contributed by atoms with E-state index in [1.165, 1.54) is 30.3 Å². The van der Waals surface area contributed by atoms with E-state index in [-0.39, 0.29) is 18.1 Å². The number of ether oxygens (including phenoxy) is 2. The molecule has 0 bridgehead atoms. The van der Waals surface area contributed by atoms with E-state index in [1.54, 1.807) is 7.11 Å². The summed E-state index contributed by atoms with van der Waals surface area (Å²) in [7, 11) is 1.55. The Morgan fingerprint density at radius 3 is 2.74 bits per heavy atom. The van der Waals surface area contributed by atoms with Crippen LogP contribution < -0.4 is 0 Å². The third-order valence-electron chi connectivity index (χ3n) is 2.74. The van der Waals surface area contributed by atoms with Crippen LogP contribution in [-0.2, 0) is 21.0 Å². The number of hydrogen-bond donors (Lipinski definition) is 1. The van der Waals surface area contributed by atoms with Crippen molar-refractivity contribution >= 4 is 17.6 Å². The summed E-state index contributed by atoms with van der Waals surface area (Å²) in [6.07, 6.45) is 1.34. The molecule has 9 heteroatoms. The summed E-state index contributed by atoms with van der Waals surface area (Å²) in [5, 5.41) is 20.7. The molecule has 2 aromatic rings. The molecule has 122 valence electrons. The van der Waals surface area contributed by atoms with Gasteiger partial charge in [-0.3, -0.25) is 0 Å². The van der Waals surface area contributed by atoms with Gasteiger partial charge in [0.25, 0.3) is 0 Å². The number of rotatable bonds is 8. The third-order valence-corrected chi connectivity index (χ3v) is 2.74. The topological polar surface area (TPSA) is 99.4 Å². The van der Waals surface area contributed by atoms with E-state index >= 15 is 0 Å². The molecule has 1 heterocycles. The maximum absolute atomic E-state index is 12.9. The molecule has 1 aromatic carbocycles. The Kier molecular flexibility index (Phi) is 5.89. The summed E-state index contributed by atoms with van der Waals surface area (Å²) in [6, 6.07) is 5.38. The maximum atomic E-state index is 12.9. The van der Waals surface area contributed by atoms with Crippen molar-refractivity contribution in [2.75, 3.05) is 20.3 Å². The first kappa shape index (κ1) is 16.7. The average molecular weight is 322 g/mol. The van der Waals surface area contributed by atoms with Gasteiger partial charge in [-0.25, -0.2) is 9.18 Å². The summed E-state index contributed by atoms with van der Waals surface area (Å²) in [6.45, 7) is 0.802. The maximum Gasteiger partial charge on any atom is 0.339 e. The number of methoxy groups -OCH3 is 1. The molecule has 0 amide bonds. The first-order valence-electron chi connectivity index (χ1n) is 6.65. The average Bonchev–Trinajstić information content (AvgIpc) is 2.99. The Balaban J connectivity index is 2.13. The lowest BCUT2D eigenvalue weighted by atomic mass is 10.1. The lowest BCUT2D eigenvalue weighted by Gasteiger charge is -2.01. The van der Waals surface area contributed by atoms with Gasteiger partial charge in [0.15, 0.2) is 6.73 Å². The molecule has 1 aromatic heterocycles. The van der Waals surface area contributed by atoms with Crippen LogP contribution in [0.4, 0.5) is 4.39 Å². The Hall–Kier alpha value is -2.65. The van der Waals surface area contributed by atoms with Crippen molar-refractivity contribution in [1.29, 1.82) is 0 Å². The van der Waals surface area contributed by atoms with Crippen molar-refractivity contribution in [1.82, 2.24) is 20.2 Å². The minimum absolute atomic E-state index is 0.0276. The van der Waals surface area contributed by atoms with Crippen molar-refractivity contribution in [2.24, 2.45) is 0 Å². The van der Waals surface area contributed by atoms with Gasteiger partial charge in [-0.1, -0.05) is 12.1 Å². The highest BCUT2D eigenvalue weighted by Crippen LogP contribution is 2.15. The van der Waals surface area contributed by atoms with Crippen LogP contribution in [-0.4, -0.2) is 51.6 Å². The van der Waals surface area contributed by atoms with Crippen LogP contribution in [0, 0.1) is 5.82 Å². The number of aliphatic carboxylic acids is 1. The zero-order valence-corrected chi connectivity index (χ0v) is 12.3. The van der Waals surface area contributed by atoms with Gasteiger partial charge in [0, 0.05) is 7.11 Å². The van der Waals surface area contributed by atoms with Crippen LogP contribution in [0.25, 0.3) is 11.6 Å². The van der Waals surface area contributed by atoms with Gasteiger partial charge < -0.3 is 14.6 Å². The third kappa shape index (κ3) is 4.94. The predicted octanol–water partition coefficient (Wildman–Crippen LogP) is 1.06. The summed E-state index contributed by atoms with van der Waals surface area (Å²) < 4.78 is 22.9. The SMILES string of the molecule is COCCOCn1nnc(C(=Cc2ccc(F)cc2)C(=O)O)n1. The number of benzene rings is 1. The predicted molar refractivity (Wildman–Crippen MR) is 77.6 cm³/mol. The van der Waals surface area contributed by atoms with Gasteiger partial charge in [0.2, 0.25) is 5.82 Å². The van der Waals surface area contributed by atoms with Gasteiger partial charge in [-0.15, -0.1) is 15.0 Å². The van der Waals surface area contributed by atoms with Gasteiger partial charge in [-0.05, 0) is 29.0 Å². The van der Waals surface area contributed by atoms with E-state index in [1.807, 2.05) is 0 Å². The van der Waals surface area contributed by atoms with E-state index in [0.717, 1.165) is 4.80 Å². The molecule has 2 rings (SSSR count). The number of carboxylic acid groups (broad SMARTS) is 1. The smallest absolute Gasteiger partial charge is 0.339 e. The minimum Gasteiger partial charge on any atom is -0.478 e. The van der Waals surface area contributed by atoms with Crippen LogP contribution >= 0.6 is 0 Å². The first-order valence-corrected chi connectivity index (χ1v) is 6.65. The number of halogens is 1. The zero-order valence-electron chi connectivity index (χ0n) is 12.3. The standard InChI is InChI=1S/C14H15FN4O4/c1-22-6-7-23-9-19-17-13(16-18-19)12(14(20)21)8-10-2-4-11(15)5-3-10/h2-5,8H,6-7,9H2,1H3,(H,20,21). The lowest BCUT2D eigenvalue weighted by Crippen LogP contribution is -2.10. The van der Waals surface area contributed by atoms with E-state index in [4.69, 9.17) is 9.47 Å². The molecule has 0 saturated heterocycles. The molecule has 0 saturated carbocycles. The van der Waals surface area contributed by atoms with Gasteiger partial charge in [0.05, 0.1) is 13.2 Å². The Morgan fingerprint density at radius 2 is 2.09 bits per heavy atom. The fourth-order valence-corrected chi connectivity index (χ4v) is 1.64. The molecule has 1 N–H and O–H groups in total. The van der Waals surface area contributed by atoms with Crippen LogP contribution in [0.5, 0.6) is 0 Å². The zero-order chi connectivity index (χ0) is 16.7. The Labute approximate surface area is 131 Å². The Morgan fingerprint density at radius 1 is 1.35 bits per heavy atom. The van der Waals surface area contributed by atoms with E-state index in [0.29, 0.717) is 18.8 Å². The fourth-order valence-electron chi connectivity index (χ4n) is 1.64. The monoisotopic (exact) mass is 322 g/mol. The molecular weight excluding hydrogens is 307 g/mol. The minimum atomic E-state index is -1.21. The molecular formula is C14H15FN4O4. The normalized spacial score (nSPS) is 11.7. The fraction of sp³-hybridized carbons (Fsp3) is 0.286. The molecule has 0 unspecified atom stereocenters. The number of hydrogen-bond acceptors (Lipinski definition) is 6. The van der Waals surface area contributed by atoms with Gasteiger partial charge in [-0.2, -0.15) is 0 Å². The Bertz CT molecular complexity index is 684. The highest BCUT2D eigenvalue weighted by Gasteiger charge is 2.16. The van der Waals surface area contributed by atoms with Crippen molar-refractivity contribution in [3.8, 4) is 0 Å². The van der Waals surface area contributed by atoms with Crippen LogP contribution in [0.15, 0.2) is 24.3 Å². The first-order chi connectivity index (χ1) is 11.1. The van der Waals surface area contributed by atoms with Crippen molar-refractivity contribution in [3.63, 3.8) is 0 Å². The number of carboxylic acids is 1. The highest BCUT2D eigenvalue weighted by molar-refractivity contribution is 6.19. The largest absolute Gasteiger partial charge is 0.478 e. The van der Waals surface area contributed by atoms with E-state index in [9.17, 15) is 14.3 Å². The quantitative estimate of drug-likeness (QED) is 0.573. The van der Waals surface area contributed by atoms with Crippen molar-refractivity contribution in [3.05, 3.63) is 41.5 Å². The highest BCUT2D eigenvalue weighted by atomic mass is 19.1. The van der Waals surface area contributed by atoms with Gasteiger partial charge in [0.1, 0.15) is 11.4 Å². The molecule has 0 fully saturated rings. The summed E-state index contributed by atoms with van der Waals surface area (Å²) in [5.41, 5.74) is 0.358. The molecule has 0 aliphatic carbocycles. The van der Waals surface area contributed by atoms with Crippen LogP contribution in [0.2, 0.25) is 0 Å². The lowest BCUT2D eigenvalue weighted by molar-refractivity contribution is -0.130. The molecule has 0 spiro atoms. The molecule has 0 aliphatic heterocycles. The second-order valence-corrected chi connectivity index (χ2v) is 4.43. The molecule has 23 heavy (non-hydrogen) atoms. The molecule has 0 radical (unpaired) electrons. The van der Waals surface area contributed by atoms with Crippen LogP contribution in [0.1, 0.15) is 11.4 Å². The second kappa shape index (κ2) is 8.11. The number of carbonyl (C=O) groups is 1. The van der Waals surface area contributed by atoms with Crippen molar-refractivity contribution < 1.29 is 23.8 Å². The van der Waals surface area contributed by atoms with Crippen LogP contribution in [0.3, 0.4) is 0 Å². The summed E-state index contributed by atoms with van der Waals surface area (Å²) in [4.78, 5) is 12.5. The summed E-state index contributed by atoms with van der Waals surface area (Å²) in [5.74, 6) is -1.68. The second-order valence-electron chi connectivity index (χ2n) is 4.43. The van der Waals surface area contributed by atoms with Gasteiger partial charge >= 0.3 is 5.97 Å². The van der Waals surface area contributed by atoms with E-state index in [2.05, 4.69) is 15.4 Å². The summed E-state index contributed by atoms with van der Waals surface area (Å²) >= 11 is 0. The van der Waals surface area contributed by atoms with E-state index < -0.39 is 11.8 Å².